The third kappa shape index (κ3) is 4.00. The van der Waals surface area contributed by atoms with Crippen LogP contribution in [0.4, 0.5) is 0 Å². The highest BCUT2D eigenvalue weighted by atomic mass is 16.4. The van der Waals surface area contributed by atoms with Gasteiger partial charge in [-0.2, -0.15) is 0 Å². The van der Waals surface area contributed by atoms with Gasteiger partial charge in [0.25, 0.3) is 0 Å². The van der Waals surface area contributed by atoms with Crippen molar-refractivity contribution in [3.8, 4) is 0 Å². The topological polar surface area (TPSA) is 83.6 Å². The quantitative estimate of drug-likeness (QED) is 0.769. The Morgan fingerprint density at radius 3 is 2.71 bits per heavy atom. The smallest absolute Gasteiger partial charge is 0.305 e. The van der Waals surface area contributed by atoms with Crippen molar-refractivity contribution in [2.75, 3.05) is 6.54 Å². The molecule has 5 nitrogen and oxygen atoms in total. The van der Waals surface area contributed by atoms with Crippen LogP contribution < -0.4 is 5.73 Å². The van der Waals surface area contributed by atoms with Gasteiger partial charge in [-0.3, -0.25) is 9.59 Å². The molecule has 3 N–H and O–H groups in total. The molecule has 0 aromatic heterocycles. The maximum atomic E-state index is 12.1. The van der Waals surface area contributed by atoms with E-state index in [1.807, 2.05) is 0 Å². The fraction of sp³-hybridized carbons (Fsp3) is 0.833. The predicted molar refractivity (Wildman–Crippen MR) is 64.5 cm³/mol. The molecule has 0 saturated carbocycles. The van der Waals surface area contributed by atoms with Crippen LogP contribution in [0.5, 0.6) is 0 Å². The first kappa shape index (κ1) is 14.0. The van der Waals surface area contributed by atoms with Crippen LogP contribution >= 0.6 is 0 Å². The fourth-order valence-electron chi connectivity index (χ4n) is 2.38. The van der Waals surface area contributed by atoms with Gasteiger partial charge < -0.3 is 15.7 Å². The Balaban J connectivity index is 2.66. The van der Waals surface area contributed by atoms with Crippen LogP contribution in [-0.2, 0) is 9.59 Å². The number of carbonyl (C=O) groups is 2. The summed E-state index contributed by atoms with van der Waals surface area (Å²) in [5, 5.41) is 8.66. The summed E-state index contributed by atoms with van der Waals surface area (Å²) < 4.78 is 0. The predicted octanol–water partition coefficient (Wildman–Crippen LogP) is 0.970. The second kappa shape index (κ2) is 6.59. The molecular formula is C12H22N2O3. The molecule has 1 amide bonds. The zero-order valence-corrected chi connectivity index (χ0v) is 10.4. The largest absolute Gasteiger partial charge is 0.481 e. The van der Waals surface area contributed by atoms with Crippen LogP contribution in [0.3, 0.4) is 0 Å². The highest BCUT2D eigenvalue weighted by molar-refractivity contribution is 5.86. The van der Waals surface area contributed by atoms with E-state index in [1.54, 1.807) is 4.90 Å². The third-order valence-corrected chi connectivity index (χ3v) is 3.34. The summed E-state index contributed by atoms with van der Waals surface area (Å²) >= 11 is 0. The molecule has 17 heavy (non-hydrogen) atoms. The second-order valence-electron chi connectivity index (χ2n) is 4.65. The van der Waals surface area contributed by atoms with E-state index in [0.29, 0.717) is 6.54 Å². The molecule has 1 rings (SSSR count). The number of carboxylic acids is 1. The van der Waals surface area contributed by atoms with Crippen LogP contribution in [0.25, 0.3) is 0 Å². The number of hydrogen-bond acceptors (Lipinski definition) is 3. The zero-order chi connectivity index (χ0) is 12.8. The van der Waals surface area contributed by atoms with Gasteiger partial charge in [-0.15, -0.1) is 0 Å². The maximum absolute atomic E-state index is 12.1. The SMILES string of the molecule is CCC1CCCCCN1C(=O)C(N)CC(=O)O. The molecule has 2 unspecified atom stereocenters. The normalized spacial score (nSPS) is 22.9. The number of rotatable bonds is 4. The van der Waals surface area contributed by atoms with Gasteiger partial charge >= 0.3 is 5.97 Å². The van der Waals surface area contributed by atoms with Crippen molar-refractivity contribution in [3.63, 3.8) is 0 Å². The van der Waals surface area contributed by atoms with Crippen LogP contribution in [0, 0.1) is 0 Å². The number of carbonyl (C=O) groups excluding carboxylic acids is 1. The van der Waals surface area contributed by atoms with Crippen LogP contribution in [0.1, 0.15) is 45.4 Å². The Morgan fingerprint density at radius 2 is 2.12 bits per heavy atom. The zero-order valence-electron chi connectivity index (χ0n) is 10.4. The third-order valence-electron chi connectivity index (χ3n) is 3.34. The number of amides is 1. The van der Waals surface area contributed by atoms with E-state index in [1.165, 1.54) is 0 Å². The molecule has 0 bridgehead atoms. The molecule has 0 spiro atoms. The molecule has 0 radical (unpaired) electrons. The molecule has 5 heteroatoms. The lowest BCUT2D eigenvalue weighted by atomic mass is 10.1. The Morgan fingerprint density at radius 1 is 1.41 bits per heavy atom. The van der Waals surface area contributed by atoms with E-state index < -0.39 is 12.0 Å². The van der Waals surface area contributed by atoms with E-state index >= 15 is 0 Å². The molecule has 1 fully saturated rings. The molecule has 1 aliphatic heterocycles. The molecule has 1 heterocycles. The molecule has 98 valence electrons. The minimum atomic E-state index is -1.02. The first-order valence-corrected chi connectivity index (χ1v) is 6.34. The summed E-state index contributed by atoms with van der Waals surface area (Å²) in [6, 6.07) is -0.676. The monoisotopic (exact) mass is 242 g/mol. The first-order valence-electron chi connectivity index (χ1n) is 6.34. The van der Waals surface area contributed by atoms with Crippen molar-refractivity contribution in [1.82, 2.24) is 4.90 Å². The Labute approximate surface area is 102 Å². The molecule has 2 atom stereocenters. The summed E-state index contributed by atoms with van der Waals surface area (Å²) in [6.45, 7) is 2.77. The molecule has 1 aliphatic rings. The Hall–Kier alpha value is -1.10. The summed E-state index contributed by atoms with van der Waals surface area (Å²) in [5.41, 5.74) is 5.64. The van der Waals surface area contributed by atoms with Crippen LogP contribution in [0.2, 0.25) is 0 Å². The van der Waals surface area contributed by atoms with Crippen molar-refractivity contribution >= 4 is 11.9 Å². The van der Waals surface area contributed by atoms with Gasteiger partial charge in [0.1, 0.15) is 0 Å². The molecule has 0 aromatic rings. The highest BCUT2D eigenvalue weighted by Crippen LogP contribution is 2.20. The van der Waals surface area contributed by atoms with Gasteiger partial charge in [0.05, 0.1) is 12.5 Å². The number of carboxylic acid groups (broad SMARTS) is 1. The molecule has 0 aromatic carbocycles. The van der Waals surface area contributed by atoms with Crippen molar-refractivity contribution in [2.24, 2.45) is 5.73 Å². The minimum Gasteiger partial charge on any atom is -0.481 e. The molecule has 1 saturated heterocycles. The summed E-state index contributed by atoms with van der Waals surface area (Å²) in [4.78, 5) is 24.5. The summed E-state index contributed by atoms with van der Waals surface area (Å²) in [7, 11) is 0. The average Bonchev–Trinajstić information content (AvgIpc) is 2.51. The van der Waals surface area contributed by atoms with Gasteiger partial charge in [-0.25, -0.2) is 0 Å². The number of nitrogens with two attached hydrogens (primary N) is 1. The Kier molecular flexibility index (Phi) is 5.41. The van der Waals surface area contributed by atoms with Crippen molar-refractivity contribution in [3.05, 3.63) is 0 Å². The Bertz CT molecular complexity index is 281. The maximum Gasteiger partial charge on any atom is 0.305 e. The molecular weight excluding hydrogens is 220 g/mol. The van der Waals surface area contributed by atoms with E-state index in [0.717, 1.165) is 32.1 Å². The van der Waals surface area contributed by atoms with Gasteiger partial charge in [-0.1, -0.05) is 19.8 Å². The number of nitrogens with zero attached hydrogens (tertiary/aromatic N) is 1. The highest BCUT2D eigenvalue weighted by Gasteiger charge is 2.28. The van der Waals surface area contributed by atoms with E-state index in [-0.39, 0.29) is 18.4 Å². The van der Waals surface area contributed by atoms with E-state index in [2.05, 4.69) is 6.92 Å². The fourth-order valence-corrected chi connectivity index (χ4v) is 2.38. The summed E-state index contributed by atoms with van der Waals surface area (Å²) in [6.07, 6.45) is 4.88. The lowest BCUT2D eigenvalue weighted by Gasteiger charge is -2.31. The molecule has 0 aliphatic carbocycles. The van der Waals surface area contributed by atoms with Crippen molar-refractivity contribution in [1.29, 1.82) is 0 Å². The van der Waals surface area contributed by atoms with E-state index in [9.17, 15) is 9.59 Å². The lowest BCUT2D eigenvalue weighted by molar-refractivity contribution is -0.143. The van der Waals surface area contributed by atoms with Gasteiger partial charge in [-0.05, 0) is 19.3 Å². The van der Waals surface area contributed by atoms with Crippen LogP contribution in [0.15, 0.2) is 0 Å². The second-order valence-corrected chi connectivity index (χ2v) is 4.65. The van der Waals surface area contributed by atoms with Crippen molar-refractivity contribution < 1.29 is 14.7 Å². The van der Waals surface area contributed by atoms with E-state index in [4.69, 9.17) is 10.8 Å². The minimum absolute atomic E-state index is 0.207. The average molecular weight is 242 g/mol. The number of aliphatic carboxylic acids is 1. The van der Waals surface area contributed by atoms with Crippen LogP contribution in [-0.4, -0.2) is 40.5 Å². The van der Waals surface area contributed by atoms with Gasteiger partial charge in [0.15, 0.2) is 0 Å². The van der Waals surface area contributed by atoms with Gasteiger partial charge in [0.2, 0.25) is 5.91 Å². The summed E-state index contributed by atoms with van der Waals surface area (Å²) in [5.74, 6) is -1.23. The standard InChI is InChI=1S/C12H22N2O3/c1-2-9-6-4-3-5-7-14(9)12(17)10(13)8-11(15)16/h9-10H,2-8,13H2,1H3,(H,15,16). The van der Waals surface area contributed by atoms with Gasteiger partial charge in [0, 0.05) is 12.6 Å². The first-order chi connectivity index (χ1) is 8.06. The number of hydrogen-bond donors (Lipinski definition) is 2. The lowest BCUT2D eigenvalue weighted by Crippen LogP contribution is -2.49. The van der Waals surface area contributed by atoms with Crippen molar-refractivity contribution in [2.45, 2.75) is 57.5 Å². The number of likely N-dealkylation sites (tertiary alicyclic amines) is 1.